The van der Waals surface area contributed by atoms with Crippen molar-refractivity contribution in [3.05, 3.63) is 39.7 Å². The van der Waals surface area contributed by atoms with Crippen molar-refractivity contribution in [1.29, 1.82) is 5.26 Å². The lowest BCUT2D eigenvalue weighted by atomic mass is 10.1. The Balaban J connectivity index is 2.81. The van der Waals surface area contributed by atoms with Crippen LogP contribution >= 0.6 is 0 Å². The Kier molecular flexibility index (Phi) is 6.56. The Morgan fingerprint density at radius 1 is 1.45 bits per heavy atom. The Hall–Kier alpha value is -2.04. The maximum atomic E-state index is 13.3. The number of ether oxygens (including phenoxy) is 1. The maximum Gasteiger partial charge on any atom is 0.272 e. The number of nitro benzene ring substituents is 1. The van der Waals surface area contributed by atoms with Crippen molar-refractivity contribution in [2.24, 2.45) is 0 Å². The summed E-state index contributed by atoms with van der Waals surface area (Å²) < 4.78 is 18.3. The number of halogens is 1. The zero-order valence-corrected chi connectivity index (χ0v) is 11.2. The molecule has 20 heavy (non-hydrogen) atoms. The maximum absolute atomic E-state index is 13.3. The molecule has 108 valence electrons. The number of hydrogen-bond acceptors (Lipinski definition) is 5. The molecule has 1 aromatic rings. The van der Waals surface area contributed by atoms with Gasteiger partial charge < -0.3 is 4.74 Å². The van der Waals surface area contributed by atoms with Gasteiger partial charge in [-0.3, -0.25) is 15.0 Å². The van der Waals surface area contributed by atoms with Gasteiger partial charge in [0.1, 0.15) is 5.82 Å². The summed E-state index contributed by atoms with van der Waals surface area (Å²) in [4.78, 5) is 12.0. The summed E-state index contributed by atoms with van der Waals surface area (Å²) >= 11 is 0. The molecule has 0 unspecified atom stereocenters. The van der Waals surface area contributed by atoms with Crippen molar-refractivity contribution in [1.82, 2.24) is 4.90 Å². The summed E-state index contributed by atoms with van der Waals surface area (Å²) in [6, 6.07) is 5.53. The highest BCUT2D eigenvalue weighted by Crippen LogP contribution is 2.17. The molecule has 0 fully saturated rings. The van der Waals surface area contributed by atoms with Crippen molar-refractivity contribution >= 4 is 5.69 Å². The molecule has 7 heteroatoms. The lowest BCUT2D eigenvalue weighted by Gasteiger charge is -2.20. The number of methoxy groups -OCH3 is 1. The van der Waals surface area contributed by atoms with Crippen molar-refractivity contribution in [3.8, 4) is 6.07 Å². The van der Waals surface area contributed by atoms with Crippen LogP contribution in [0.25, 0.3) is 0 Å². The third-order valence-electron chi connectivity index (χ3n) is 2.71. The second-order valence-corrected chi connectivity index (χ2v) is 4.25. The van der Waals surface area contributed by atoms with Crippen LogP contribution in [0.2, 0.25) is 0 Å². The second-order valence-electron chi connectivity index (χ2n) is 4.25. The molecule has 0 aromatic heterocycles. The van der Waals surface area contributed by atoms with Gasteiger partial charge in [-0.2, -0.15) is 5.26 Å². The topological polar surface area (TPSA) is 79.4 Å². The smallest absolute Gasteiger partial charge is 0.272 e. The molecule has 0 bridgehead atoms. The van der Waals surface area contributed by atoms with Crippen LogP contribution in [0.15, 0.2) is 18.2 Å². The molecule has 0 amide bonds. The molecule has 0 radical (unpaired) electrons. The minimum atomic E-state index is -0.638. The van der Waals surface area contributed by atoms with Crippen molar-refractivity contribution < 1.29 is 14.1 Å². The van der Waals surface area contributed by atoms with E-state index in [2.05, 4.69) is 0 Å². The molecule has 0 heterocycles. The lowest BCUT2D eigenvalue weighted by molar-refractivity contribution is -0.385. The van der Waals surface area contributed by atoms with Crippen LogP contribution in [0.3, 0.4) is 0 Å². The highest BCUT2D eigenvalue weighted by Gasteiger charge is 2.12. The number of benzene rings is 1. The summed E-state index contributed by atoms with van der Waals surface area (Å²) in [5.41, 5.74) is 0.234. The molecule has 0 aliphatic heterocycles. The molecule has 0 N–H and O–H groups in total. The Labute approximate surface area is 116 Å². The van der Waals surface area contributed by atoms with Gasteiger partial charge in [0.2, 0.25) is 0 Å². The van der Waals surface area contributed by atoms with E-state index in [9.17, 15) is 14.5 Å². The third-order valence-corrected chi connectivity index (χ3v) is 2.71. The van der Waals surface area contributed by atoms with Crippen molar-refractivity contribution in [3.63, 3.8) is 0 Å². The molecule has 0 spiro atoms. The predicted octanol–water partition coefficient (Wildman–Crippen LogP) is 2.10. The van der Waals surface area contributed by atoms with Gasteiger partial charge >= 0.3 is 0 Å². The van der Waals surface area contributed by atoms with Crippen LogP contribution in [0, 0.1) is 27.3 Å². The Bertz CT molecular complexity index is 502. The van der Waals surface area contributed by atoms with Crippen LogP contribution in [-0.2, 0) is 11.3 Å². The highest BCUT2D eigenvalue weighted by molar-refractivity contribution is 5.35. The minimum Gasteiger partial charge on any atom is -0.383 e. The Morgan fingerprint density at radius 2 is 2.20 bits per heavy atom. The minimum absolute atomic E-state index is 0.271. The van der Waals surface area contributed by atoms with E-state index in [-0.39, 0.29) is 5.69 Å². The average Bonchev–Trinajstić information content (AvgIpc) is 2.41. The van der Waals surface area contributed by atoms with Crippen LogP contribution in [0.1, 0.15) is 12.0 Å². The molecule has 0 atom stereocenters. The van der Waals surface area contributed by atoms with E-state index in [1.165, 1.54) is 12.1 Å². The van der Waals surface area contributed by atoms with E-state index in [0.29, 0.717) is 38.2 Å². The quantitative estimate of drug-likeness (QED) is 0.538. The van der Waals surface area contributed by atoms with Crippen molar-refractivity contribution in [2.45, 2.75) is 13.0 Å². The Morgan fingerprint density at radius 3 is 2.80 bits per heavy atom. The first-order valence-corrected chi connectivity index (χ1v) is 6.09. The van der Waals surface area contributed by atoms with E-state index in [1.54, 1.807) is 7.11 Å². The number of non-ortho nitro benzene ring substituents is 1. The normalized spacial score (nSPS) is 10.5. The van der Waals surface area contributed by atoms with Gasteiger partial charge in [0.05, 0.1) is 23.7 Å². The second kappa shape index (κ2) is 8.19. The van der Waals surface area contributed by atoms with Gasteiger partial charge in [0.15, 0.2) is 0 Å². The number of hydrogen-bond donors (Lipinski definition) is 0. The van der Waals surface area contributed by atoms with E-state index in [4.69, 9.17) is 10.00 Å². The summed E-state index contributed by atoms with van der Waals surface area (Å²) in [6.07, 6.45) is 0.334. The molecule has 1 rings (SSSR count). The molecule has 0 aliphatic carbocycles. The summed E-state index contributed by atoms with van der Waals surface area (Å²) in [7, 11) is 1.56. The SMILES string of the molecule is COCCN(CCC#N)Cc1cc(F)cc([N+](=O)[O-])c1. The molecular formula is C13H16FN3O3. The zero-order valence-electron chi connectivity index (χ0n) is 11.2. The fourth-order valence-corrected chi connectivity index (χ4v) is 1.79. The molecule has 1 aromatic carbocycles. The summed E-state index contributed by atoms with van der Waals surface area (Å²) in [5, 5.41) is 19.3. The number of nitrogens with zero attached hydrogens (tertiary/aromatic N) is 3. The van der Waals surface area contributed by atoms with E-state index < -0.39 is 10.7 Å². The van der Waals surface area contributed by atoms with Gasteiger partial charge in [-0.1, -0.05) is 0 Å². The largest absolute Gasteiger partial charge is 0.383 e. The molecule has 0 saturated carbocycles. The van der Waals surface area contributed by atoms with E-state index in [0.717, 1.165) is 6.07 Å². The van der Waals surface area contributed by atoms with Gasteiger partial charge in [0.25, 0.3) is 5.69 Å². The first-order chi connectivity index (χ1) is 9.56. The molecule has 0 aliphatic rings. The monoisotopic (exact) mass is 281 g/mol. The number of nitriles is 1. The fourth-order valence-electron chi connectivity index (χ4n) is 1.79. The standard InChI is InChI=1S/C13H16FN3O3/c1-20-6-5-16(4-2-3-15)10-11-7-12(14)9-13(8-11)17(18)19/h7-9H,2,4-6,10H2,1H3. The zero-order chi connectivity index (χ0) is 15.0. The van der Waals surface area contributed by atoms with Crippen LogP contribution < -0.4 is 0 Å². The molecule has 0 saturated heterocycles. The average molecular weight is 281 g/mol. The van der Waals surface area contributed by atoms with Gasteiger partial charge in [-0.15, -0.1) is 0 Å². The fraction of sp³-hybridized carbons (Fsp3) is 0.462. The van der Waals surface area contributed by atoms with Crippen LogP contribution in [0.4, 0.5) is 10.1 Å². The molecular weight excluding hydrogens is 265 g/mol. The highest BCUT2D eigenvalue weighted by atomic mass is 19.1. The molecule has 6 nitrogen and oxygen atoms in total. The van der Waals surface area contributed by atoms with Gasteiger partial charge in [0, 0.05) is 39.2 Å². The summed E-state index contributed by atoms with van der Waals surface area (Å²) in [6.45, 7) is 1.89. The van der Waals surface area contributed by atoms with Gasteiger partial charge in [-0.25, -0.2) is 4.39 Å². The summed E-state index contributed by atoms with van der Waals surface area (Å²) in [5.74, 6) is -0.638. The lowest BCUT2D eigenvalue weighted by Crippen LogP contribution is -2.28. The third kappa shape index (κ3) is 5.30. The van der Waals surface area contributed by atoms with E-state index >= 15 is 0 Å². The number of nitro groups is 1. The number of rotatable bonds is 8. The van der Waals surface area contributed by atoms with Crippen LogP contribution in [-0.4, -0.2) is 36.6 Å². The van der Waals surface area contributed by atoms with E-state index in [1.807, 2.05) is 11.0 Å². The van der Waals surface area contributed by atoms with Crippen molar-refractivity contribution in [2.75, 3.05) is 26.8 Å². The first kappa shape index (κ1) is 16.0. The van der Waals surface area contributed by atoms with Gasteiger partial charge in [-0.05, 0) is 11.6 Å². The van der Waals surface area contributed by atoms with Crippen LogP contribution in [0.5, 0.6) is 0 Å². The first-order valence-electron chi connectivity index (χ1n) is 6.09. The predicted molar refractivity (Wildman–Crippen MR) is 70.4 cm³/mol.